The Labute approximate surface area is 183 Å². The summed E-state index contributed by atoms with van der Waals surface area (Å²) >= 11 is 1.35. The second kappa shape index (κ2) is 7.93. The van der Waals surface area contributed by atoms with Gasteiger partial charge in [0.25, 0.3) is 6.01 Å². The van der Waals surface area contributed by atoms with Crippen molar-refractivity contribution in [1.82, 2.24) is 15.3 Å². The summed E-state index contributed by atoms with van der Waals surface area (Å²) in [7, 11) is 0. The molecule has 0 radical (unpaired) electrons. The summed E-state index contributed by atoms with van der Waals surface area (Å²) in [4.78, 5) is 35.9. The third-order valence-electron chi connectivity index (χ3n) is 5.10. The lowest BCUT2D eigenvalue weighted by molar-refractivity contribution is -0.109. The molecule has 0 saturated heterocycles. The van der Waals surface area contributed by atoms with E-state index in [9.17, 15) is 14.7 Å². The van der Waals surface area contributed by atoms with Crippen molar-refractivity contribution >= 4 is 45.9 Å². The van der Waals surface area contributed by atoms with Gasteiger partial charge in [-0.05, 0) is 45.4 Å². The Morgan fingerprint density at radius 1 is 1.42 bits per heavy atom. The highest BCUT2D eigenvalue weighted by Gasteiger charge is 2.37. The van der Waals surface area contributed by atoms with Crippen molar-refractivity contribution in [3.8, 4) is 0 Å². The third-order valence-corrected chi connectivity index (χ3v) is 6.28. The van der Waals surface area contributed by atoms with Gasteiger partial charge in [0.15, 0.2) is 10.7 Å². The lowest BCUT2D eigenvalue weighted by atomic mass is 10.0. The van der Waals surface area contributed by atoms with Crippen LogP contribution in [0.4, 0.5) is 15.9 Å². The smallest absolute Gasteiger partial charge is 0.321 e. The SMILES string of the molecule is Cc1ccc2oc(N3[C@H](C=O)Cc4nc(NC(=O)NCC(C)(C)O)sc4[C@@H]3C)nc2c1. The van der Waals surface area contributed by atoms with E-state index in [1.807, 2.05) is 36.9 Å². The predicted octanol–water partition coefficient (Wildman–Crippen LogP) is 3.18. The van der Waals surface area contributed by atoms with Gasteiger partial charge in [-0.2, -0.15) is 4.98 Å². The molecule has 3 aromatic rings. The van der Waals surface area contributed by atoms with Gasteiger partial charge in [-0.15, -0.1) is 0 Å². The van der Waals surface area contributed by atoms with Crippen molar-refractivity contribution in [2.75, 3.05) is 16.8 Å². The average molecular weight is 444 g/mol. The van der Waals surface area contributed by atoms with E-state index >= 15 is 0 Å². The highest BCUT2D eigenvalue weighted by molar-refractivity contribution is 7.16. The number of anilines is 2. The first-order valence-corrected chi connectivity index (χ1v) is 10.8. The maximum absolute atomic E-state index is 12.1. The van der Waals surface area contributed by atoms with Crippen LogP contribution in [-0.2, 0) is 11.2 Å². The molecule has 2 amide bonds. The van der Waals surface area contributed by atoms with Gasteiger partial charge in [-0.3, -0.25) is 5.32 Å². The van der Waals surface area contributed by atoms with Crippen LogP contribution in [-0.4, -0.2) is 45.6 Å². The number of aldehydes is 1. The van der Waals surface area contributed by atoms with Crippen LogP contribution in [0.5, 0.6) is 0 Å². The quantitative estimate of drug-likeness (QED) is 0.518. The average Bonchev–Trinajstić information content (AvgIpc) is 3.28. The van der Waals surface area contributed by atoms with Gasteiger partial charge < -0.3 is 24.5 Å². The molecule has 0 saturated carbocycles. The number of hydrogen-bond acceptors (Lipinski definition) is 8. The highest BCUT2D eigenvalue weighted by Crippen LogP contribution is 2.41. The Morgan fingerprint density at radius 2 is 2.19 bits per heavy atom. The van der Waals surface area contributed by atoms with Gasteiger partial charge in [0, 0.05) is 13.0 Å². The fourth-order valence-corrected chi connectivity index (χ4v) is 4.63. The molecule has 0 aliphatic carbocycles. The number of nitrogens with zero attached hydrogens (tertiary/aromatic N) is 3. The molecule has 0 fully saturated rings. The van der Waals surface area contributed by atoms with E-state index in [-0.39, 0.29) is 12.6 Å². The van der Waals surface area contributed by atoms with E-state index in [2.05, 4.69) is 20.6 Å². The Bertz CT molecular complexity index is 1130. The molecule has 0 bridgehead atoms. The first-order valence-electron chi connectivity index (χ1n) is 10.0. The molecule has 3 heterocycles. The summed E-state index contributed by atoms with van der Waals surface area (Å²) < 4.78 is 5.95. The number of benzene rings is 1. The molecule has 3 N–H and O–H groups in total. The molecule has 2 aromatic heterocycles. The number of rotatable bonds is 5. The Kier molecular flexibility index (Phi) is 5.44. The van der Waals surface area contributed by atoms with Crippen LogP contribution < -0.4 is 15.5 Å². The number of amides is 2. The zero-order valence-electron chi connectivity index (χ0n) is 17.8. The maximum Gasteiger partial charge on any atom is 0.321 e. The zero-order chi connectivity index (χ0) is 22.3. The molecule has 9 nitrogen and oxygen atoms in total. The highest BCUT2D eigenvalue weighted by atomic mass is 32.1. The first-order chi connectivity index (χ1) is 14.6. The fraction of sp³-hybridized carbons (Fsp3) is 0.429. The number of carbonyl (C=O) groups excluding carboxylic acids is 2. The number of urea groups is 1. The summed E-state index contributed by atoms with van der Waals surface area (Å²) in [6, 6.07) is 5.03. The lowest BCUT2D eigenvalue weighted by Gasteiger charge is -2.35. The number of aliphatic hydroxyl groups is 1. The van der Waals surface area contributed by atoms with Crippen LogP contribution in [0.15, 0.2) is 22.6 Å². The van der Waals surface area contributed by atoms with Gasteiger partial charge >= 0.3 is 6.03 Å². The van der Waals surface area contributed by atoms with E-state index in [1.54, 1.807) is 13.8 Å². The van der Waals surface area contributed by atoms with E-state index in [0.717, 1.165) is 27.9 Å². The predicted molar refractivity (Wildman–Crippen MR) is 119 cm³/mol. The van der Waals surface area contributed by atoms with Gasteiger partial charge in [-0.1, -0.05) is 17.4 Å². The number of nitrogens with one attached hydrogen (secondary N) is 2. The molecule has 164 valence electrons. The molecule has 2 atom stereocenters. The van der Waals surface area contributed by atoms with E-state index in [0.29, 0.717) is 23.2 Å². The Balaban J connectivity index is 1.58. The number of aryl methyl sites for hydroxylation is 1. The van der Waals surface area contributed by atoms with Crippen LogP contribution in [0, 0.1) is 6.92 Å². The summed E-state index contributed by atoms with van der Waals surface area (Å²) in [6.45, 7) is 7.28. The largest absolute Gasteiger partial charge is 0.423 e. The minimum atomic E-state index is -1.01. The van der Waals surface area contributed by atoms with Crippen molar-refractivity contribution in [3.05, 3.63) is 34.3 Å². The molecule has 0 unspecified atom stereocenters. The monoisotopic (exact) mass is 443 g/mol. The van der Waals surface area contributed by atoms with Crippen molar-refractivity contribution < 1.29 is 19.1 Å². The van der Waals surface area contributed by atoms with Crippen LogP contribution >= 0.6 is 11.3 Å². The van der Waals surface area contributed by atoms with E-state index in [1.165, 1.54) is 11.3 Å². The summed E-state index contributed by atoms with van der Waals surface area (Å²) in [5, 5.41) is 15.5. The standard InChI is InChI=1S/C21H25N5O4S/c1-11-5-6-16-14(7-11)24-20(30-16)26-12(2)17-15(8-13(26)9-27)23-19(31-17)25-18(28)22-10-21(3,4)29/h5-7,9,12-13,29H,8,10H2,1-4H3,(H2,22,23,25,28)/t12-,13-/m0/s1. The minimum absolute atomic E-state index is 0.110. The van der Waals surface area contributed by atoms with Crippen LogP contribution in [0.25, 0.3) is 11.1 Å². The lowest BCUT2D eigenvalue weighted by Crippen LogP contribution is -2.43. The molecule has 0 spiro atoms. The van der Waals surface area contributed by atoms with Crippen molar-refractivity contribution in [3.63, 3.8) is 0 Å². The van der Waals surface area contributed by atoms with Crippen molar-refractivity contribution in [1.29, 1.82) is 0 Å². The topological polar surface area (TPSA) is 121 Å². The molecular formula is C21H25N5O4S. The molecule has 10 heteroatoms. The van der Waals surface area contributed by atoms with Gasteiger partial charge in [-0.25, -0.2) is 9.78 Å². The van der Waals surface area contributed by atoms with Gasteiger partial charge in [0.2, 0.25) is 0 Å². The number of thiazole rings is 1. The van der Waals surface area contributed by atoms with Gasteiger partial charge in [0.05, 0.1) is 28.3 Å². The number of carbonyl (C=O) groups is 2. The number of aromatic nitrogens is 2. The first kappa shape index (κ1) is 21.3. The Hall–Kier alpha value is -2.98. The van der Waals surface area contributed by atoms with Crippen LogP contribution in [0.2, 0.25) is 0 Å². The maximum atomic E-state index is 12.1. The van der Waals surface area contributed by atoms with Crippen molar-refractivity contribution in [2.45, 2.75) is 51.8 Å². The molecule has 1 aromatic carbocycles. The summed E-state index contributed by atoms with van der Waals surface area (Å²) in [5.41, 5.74) is 2.25. The molecule has 31 heavy (non-hydrogen) atoms. The zero-order valence-corrected chi connectivity index (χ0v) is 18.6. The van der Waals surface area contributed by atoms with E-state index in [4.69, 9.17) is 4.42 Å². The fourth-order valence-electron chi connectivity index (χ4n) is 3.59. The molecule has 1 aliphatic heterocycles. The van der Waals surface area contributed by atoms with Gasteiger partial charge in [0.1, 0.15) is 11.8 Å². The molecule has 4 rings (SSSR count). The van der Waals surface area contributed by atoms with Crippen LogP contribution in [0.1, 0.15) is 42.9 Å². The number of hydrogen-bond donors (Lipinski definition) is 3. The Morgan fingerprint density at radius 3 is 2.90 bits per heavy atom. The second-order valence-corrected chi connectivity index (χ2v) is 9.44. The second-order valence-electron chi connectivity index (χ2n) is 8.41. The van der Waals surface area contributed by atoms with Crippen molar-refractivity contribution in [2.24, 2.45) is 0 Å². The normalized spacial score (nSPS) is 18.7. The minimum Gasteiger partial charge on any atom is -0.423 e. The number of oxazole rings is 1. The summed E-state index contributed by atoms with van der Waals surface area (Å²) in [6.07, 6.45) is 1.27. The summed E-state index contributed by atoms with van der Waals surface area (Å²) in [5.74, 6) is 0. The van der Waals surface area contributed by atoms with Crippen LogP contribution in [0.3, 0.4) is 0 Å². The molecular weight excluding hydrogens is 418 g/mol. The number of fused-ring (bicyclic) bond motifs is 2. The molecule has 1 aliphatic rings. The van der Waals surface area contributed by atoms with E-state index < -0.39 is 17.7 Å². The third kappa shape index (κ3) is 4.40.